The number of ether oxygens (including phenoxy) is 2. The molecule has 0 saturated carbocycles. The van der Waals surface area contributed by atoms with Crippen LogP contribution >= 0.6 is 0 Å². The number of benzene rings is 2. The van der Waals surface area contributed by atoms with E-state index >= 15 is 0 Å². The maximum absolute atomic E-state index is 12.1. The Kier molecular flexibility index (Phi) is 7.44. The number of nitrogens with zero attached hydrogens (tertiary/aromatic N) is 2. The number of carbonyl (C=O) groups excluding carboxylic acids is 1. The lowest BCUT2D eigenvalue weighted by Crippen LogP contribution is -2.35. The molecule has 6 heteroatoms. The van der Waals surface area contributed by atoms with Crippen LogP contribution in [0.25, 0.3) is 0 Å². The zero-order valence-electron chi connectivity index (χ0n) is 18.5. The van der Waals surface area contributed by atoms with Gasteiger partial charge in [-0.1, -0.05) is 18.2 Å². The maximum Gasteiger partial charge on any atom is 0.262 e. The van der Waals surface area contributed by atoms with E-state index < -0.39 is 6.10 Å². The van der Waals surface area contributed by atoms with Gasteiger partial charge in [-0.15, -0.1) is 0 Å². The Hall–Kier alpha value is -2.89. The van der Waals surface area contributed by atoms with Crippen LogP contribution in [0.5, 0.6) is 11.5 Å². The quantitative estimate of drug-likeness (QED) is 0.672. The van der Waals surface area contributed by atoms with Gasteiger partial charge in [0.2, 0.25) is 0 Å². The Morgan fingerprint density at radius 2 is 1.87 bits per heavy atom. The largest absolute Gasteiger partial charge is 0.490 e. The number of likely N-dealkylation sites (N-methyl/N-ethyl adjacent to an activating group) is 1. The molecule has 1 aliphatic rings. The molecule has 1 atom stereocenters. The van der Waals surface area contributed by atoms with Crippen LogP contribution in [0.4, 0.5) is 11.4 Å². The molecule has 1 aliphatic heterocycles. The smallest absolute Gasteiger partial charge is 0.262 e. The first-order valence-electron chi connectivity index (χ1n) is 10.7. The first-order valence-corrected chi connectivity index (χ1v) is 10.7. The zero-order chi connectivity index (χ0) is 21.5. The van der Waals surface area contributed by atoms with Gasteiger partial charge in [0, 0.05) is 33.7 Å². The van der Waals surface area contributed by atoms with Gasteiger partial charge in [-0.05, 0) is 56.5 Å². The normalized spacial score (nSPS) is 14.3. The van der Waals surface area contributed by atoms with Gasteiger partial charge in [0.25, 0.3) is 5.91 Å². The molecular weight excluding hydrogens is 378 g/mol. The summed E-state index contributed by atoms with van der Waals surface area (Å²) in [6, 6.07) is 14.3. The third-order valence-corrected chi connectivity index (χ3v) is 5.23. The van der Waals surface area contributed by atoms with Crippen LogP contribution in [0.2, 0.25) is 0 Å². The maximum atomic E-state index is 12.1. The number of para-hydroxylation sites is 2. The summed E-state index contributed by atoms with van der Waals surface area (Å²) in [6.07, 6.45) is 1.93. The predicted octanol–water partition coefficient (Wildman–Crippen LogP) is 4.15. The number of carbonyl (C=O) groups is 1. The van der Waals surface area contributed by atoms with E-state index in [0.29, 0.717) is 24.7 Å². The molecule has 0 spiro atoms. The minimum Gasteiger partial charge on any atom is -0.490 e. The van der Waals surface area contributed by atoms with Crippen LogP contribution in [0.1, 0.15) is 32.3 Å². The van der Waals surface area contributed by atoms with E-state index in [1.54, 1.807) is 21.0 Å². The van der Waals surface area contributed by atoms with Gasteiger partial charge in [0.15, 0.2) is 17.6 Å². The molecule has 1 N–H and O–H groups in total. The fourth-order valence-corrected chi connectivity index (χ4v) is 3.69. The SMILES string of the molecule is CCOc1cc(CNc2ccccc2N2CCCC2)ccc1O[C@H](C)C(=O)N(C)C. The van der Waals surface area contributed by atoms with Crippen molar-refractivity contribution in [1.82, 2.24) is 4.90 Å². The highest BCUT2D eigenvalue weighted by atomic mass is 16.5. The van der Waals surface area contributed by atoms with Crippen molar-refractivity contribution in [3.63, 3.8) is 0 Å². The number of anilines is 2. The predicted molar refractivity (Wildman–Crippen MR) is 122 cm³/mol. The highest BCUT2D eigenvalue weighted by Crippen LogP contribution is 2.32. The summed E-state index contributed by atoms with van der Waals surface area (Å²) in [5.41, 5.74) is 3.49. The van der Waals surface area contributed by atoms with Gasteiger partial charge in [0.05, 0.1) is 18.0 Å². The number of hydrogen-bond donors (Lipinski definition) is 1. The van der Waals surface area contributed by atoms with Crippen LogP contribution in [0.15, 0.2) is 42.5 Å². The Morgan fingerprint density at radius 3 is 2.57 bits per heavy atom. The fraction of sp³-hybridized carbons (Fsp3) is 0.458. The molecule has 1 amide bonds. The minimum absolute atomic E-state index is 0.0817. The molecule has 2 aromatic rings. The van der Waals surface area contributed by atoms with Crippen molar-refractivity contribution >= 4 is 17.3 Å². The Labute approximate surface area is 179 Å². The summed E-state index contributed by atoms with van der Waals surface area (Å²) in [6.45, 7) is 7.13. The second-order valence-electron chi connectivity index (χ2n) is 7.77. The summed E-state index contributed by atoms with van der Waals surface area (Å²) in [5, 5.41) is 3.57. The van der Waals surface area contributed by atoms with Crippen molar-refractivity contribution in [3.8, 4) is 11.5 Å². The minimum atomic E-state index is -0.574. The van der Waals surface area contributed by atoms with Crippen molar-refractivity contribution in [1.29, 1.82) is 0 Å². The molecule has 1 heterocycles. The lowest BCUT2D eigenvalue weighted by molar-refractivity contribution is -0.135. The van der Waals surface area contributed by atoms with E-state index in [1.807, 2.05) is 25.1 Å². The second-order valence-corrected chi connectivity index (χ2v) is 7.77. The van der Waals surface area contributed by atoms with E-state index in [9.17, 15) is 4.79 Å². The summed E-state index contributed by atoms with van der Waals surface area (Å²) < 4.78 is 11.7. The molecule has 0 bridgehead atoms. The standard InChI is InChI=1S/C24H33N3O3/c1-5-29-23-16-19(12-13-22(23)30-18(2)24(28)26(3)4)17-25-20-10-6-7-11-21(20)27-14-8-9-15-27/h6-7,10-13,16,18,25H,5,8-9,14-15,17H2,1-4H3/t18-/m1/s1. The molecule has 0 aliphatic carbocycles. The van der Waals surface area contributed by atoms with E-state index in [2.05, 4.69) is 34.5 Å². The Bertz CT molecular complexity index is 847. The molecular formula is C24H33N3O3. The lowest BCUT2D eigenvalue weighted by Gasteiger charge is -2.22. The molecule has 30 heavy (non-hydrogen) atoms. The summed E-state index contributed by atoms with van der Waals surface area (Å²) in [5.74, 6) is 1.16. The van der Waals surface area contributed by atoms with Gasteiger partial charge >= 0.3 is 0 Å². The monoisotopic (exact) mass is 411 g/mol. The van der Waals surface area contributed by atoms with Crippen molar-refractivity contribution in [3.05, 3.63) is 48.0 Å². The molecule has 1 fully saturated rings. The van der Waals surface area contributed by atoms with Gasteiger partial charge in [-0.2, -0.15) is 0 Å². The van der Waals surface area contributed by atoms with Crippen molar-refractivity contribution in [2.24, 2.45) is 0 Å². The van der Waals surface area contributed by atoms with Gasteiger partial charge in [-0.3, -0.25) is 4.79 Å². The highest BCUT2D eigenvalue weighted by Gasteiger charge is 2.19. The molecule has 6 nitrogen and oxygen atoms in total. The Morgan fingerprint density at radius 1 is 1.13 bits per heavy atom. The average Bonchev–Trinajstić information content (AvgIpc) is 3.28. The molecule has 0 radical (unpaired) electrons. The average molecular weight is 412 g/mol. The fourth-order valence-electron chi connectivity index (χ4n) is 3.69. The van der Waals surface area contributed by atoms with Gasteiger partial charge < -0.3 is 24.6 Å². The van der Waals surface area contributed by atoms with Crippen LogP contribution in [-0.4, -0.2) is 50.7 Å². The molecule has 1 saturated heterocycles. The van der Waals surface area contributed by atoms with Crippen molar-refractivity contribution < 1.29 is 14.3 Å². The molecule has 3 rings (SSSR count). The molecule has 0 aromatic heterocycles. The number of hydrogen-bond acceptors (Lipinski definition) is 5. The van der Waals surface area contributed by atoms with E-state index in [0.717, 1.165) is 24.3 Å². The zero-order valence-corrected chi connectivity index (χ0v) is 18.5. The second kappa shape index (κ2) is 10.2. The molecule has 0 unspecified atom stereocenters. The highest BCUT2D eigenvalue weighted by molar-refractivity contribution is 5.80. The topological polar surface area (TPSA) is 54.0 Å². The number of nitrogens with one attached hydrogen (secondary N) is 1. The van der Waals surface area contributed by atoms with Crippen molar-refractivity contribution in [2.75, 3.05) is 44.0 Å². The van der Waals surface area contributed by atoms with Crippen LogP contribution in [0.3, 0.4) is 0 Å². The molecule has 2 aromatic carbocycles. The summed E-state index contributed by atoms with van der Waals surface area (Å²) in [7, 11) is 3.45. The molecule has 162 valence electrons. The lowest BCUT2D eigenvalue weighted by atomic mass is 10.1. The third kappa shape index (κ3) is 5.38. The van der Waals surface area contributed by atoms with Gasteiger partial charge in [0.1, 0.15) is 0 Å². The van der Waals surface area contributed by atoms with Gasteiger partial charge in [-0.25, -0.2) is 0 Å². The van der Waals surface area contributed by atoms with Crippen LogP contribution < -0.4 is 19.7 Å². The van der Waals surface area contributed by atoms with Crippen molar-refractivity contribution in [2.45, 2.75) is 39.3 Å². The van der Waals surface area contributed by atoms with E-state index in [-0.39, 0.29) is 5.91 Å². The third-order valence-electron chi connectivity index (χ3n) is 5.23. The summed E-state index contributed by atoms with van der Waals surface area (Å²) >= 11 is 0. The number of amides is 1. The van der Waals surface area contributed by atoms with Crippen LogP contribution in [-0.2, 0) is 11.3 Å². The van der Waals surface area contributed by atoms with E-state index in [4.69, 9.17) is 9.47 Å². The summed E-state index contributed by atoms with van der Waals surface area (Å²) in [4.78, 5) is 16.1. The van der Waals surface area contributed by atoms with E-state index in [1.165, 1.54) is 23.4 Å². The first kappa shape index (κ1) is 21.8. The first-order chi connectivity index (χ1) is 14.5. The van der Waals surface area contributed by atoms with Crippen LogP contribution in [0, 0.1) is 0 Å². The Balaban J connectivity index is 1.71. The number of rotatable bonds is 9.